The molecule has 0 amide bonds. The summed E-state index contributed by atoms with van der Waals surface area (Å²) in [4.78, 5) is 11.4. The predicted octanol–water partition coefficient (Wildman–Crippen LogP) is 3.84. The molecule has 1 fully saturated rings. The van der Waals surface area contributed by atoms with Crippen LogP contribution < -0.4 is 4.74 Å². The lowest BCUT2D eigenvalue weighted by Crippen LogP contribution is -2.23. The lowest BCUT2D eigenvalue weighted by atomic mass is 9.83. The van der Waals surface area contributed by atoms with Crippen molar-refractivity contribution in [2.75, 3.05) is 7.11 Å². The van der Waals surface area contributed by atoms with Crippen LogP contribution in [-0.2, 0) is 9.53 Å². The van der Waals surface area contributed by atoms with E-state index in [0.717, 1.165) is 31.4 Å². The molecule has 0 radical (unpaired) electrons. The summed E-state index contributed by atoms with van der Waals surface area (Å²) in [6.07, 6.45) is 6.00. The minimum atomic E-state index is -0.159. The second kappa shape index (κ2) is 7.13. The molecule has 3 nitrogen and oxygen atoms in total. The highest BCUT2D eigenvalue weighted by Gasteiger charge is 2.24. The molecule has 0 N–H and O–H groups in total. The highest BCUT2D eigenvalue weighted by atomic mass is 16.5. The summed E-state index contributed by atoms with van der Waals surface area (Å²) < 4.78 is 10.6. The van der Waals surface area contributed by atoms with E-state index in [0.29, 0.717) is 12.3 Å². The van der Waals surface area contributed by atoms with Gasteiger partial charge in [-0.05, 0) is 49.3 Å². The molecule has 1 aliphatic carbocycles. The number of methoxy groups -OCH3 is 1. The highest BCUT2D eigenvalue weighted by Crippen LogP contribution is 2.34. The van der Waals surface area contributed by atoms with Gasteiger partial charge in [-0.2, -0.15) is 0 Å². The average molecular weight is 274 g/mol. The van der Waals surface area contributed by atoms with Gasteiger partial charge < -0.3 is 9.47 Å². The van der Waals surface area contributed by atoms with Gasteiger partial charge in [0.25, 0.3) is 0 Å². The van der Waals surface area contributed by atoms with Crippen molar-refractivity contribution in [2.45, 2.75) is 44.1 Å². The molecule has 108 valence electrons. The monoisotopic (exact) mass is 274 g/mol. The maximum Gasteiger partial charge on any atom is 0.309 e. The Morgan fingerprint density at radius 2 is 1.90 bits per heavy atom. The number of carbonyl (C=O) groups excluding carboxylic acids is 1. The maximum absolute atomic E-state index is 11.4. The smallest absolute Gasteiger partial charge is 0.309 e. The summed E-state index contributed by atoms with van der Waals surface area (Å²) in [5, 5.41) is 0. The molecule has 0 aliphatic heterocycles. The fraction of sp³-hybridized carbons (Fsp3) is 0.471. The van der Waals surface area contributed by atoms with E-state index in [-0.39, 0.29) is 12.1 Å². The van der Waals surface area contributed by atoms with E-state index in [9.17, 15) is 4.79 Å². The maximum atomic E-state index is 11.4. The summed E-state index contributed by atoms with van der Waals surface area (Å²) in [7, 11) is 1.68. The molecule has 0 heterocycles. The van der Waals surface area contributed by atoms with Gasteiger partial charge in [-0.3, -0.25) is 4.79 Å². The number of rotatable bonds is 5. The van der Waals surface area contributed by atoms with Crippen LogP contribution in [0.1, 0.15) is 43.6 Å². The van der Waals surface area contributed by atoms with Crippen molar-refractivity contribution >= 4 is 5.97 Å². The van der Waals surface area contributed by atoms with Crippen LogP contribution in [0.15, 0.2) is 36.9 Å². The third kappa shape index (κ3) is 3.86. The van der Waals surface area contributed by atoms with E-state index >= 15 is 0 Å². The molecule has 0 spiro atoms. The quantitative estimate of drug-likeness (QED) is 0.604. The van der Waals surface area contributed by atoms with Gasteiger partial charge in [0, 0.05) is 0 Å². The molecule has 1 aliphatic rings. The van der Waals surface area contributed by atoms with E-state index in [4.69, 9.17) is 9.47 Å². The molecule has 2 rings (SSSR count). The topological polar surface area (TPSA) is 35.5 Å². The van der Waals surface area contributed by atoms with E-state index < -0.39 is 0 Å². The molecule has 0 unspecified atom stereocenters. The molecule has 0 saturated heterocycles. The van der Waals surface area contributed by atoms with E-state index in [2.05, 4.69) is 18.7 Å². The molecule has 1 aromatic rings. The predicted molar refractivity (Wildman–Crippen MR) is 78.9 cm³/mol. The Morgan fingerprint density at radius 3 is 2.45 bits per heavy atom. The molecular formula is C17H22O3. The zero-order chi connectivity index (χ0) is 14.4. The van der Waals surface area contributed by atoms with Crippen LogP contribution in [-0.4, -0.2) is 19.2 Å². The van der Waals surface area contributed by atoms with Crippen LogP contribution in [0.2, 0.25) is 0 Å². The summed E-state index contributed by atoms with van der Waals surface area (Å²) in [6, 6.07) is 8.28. The van der Waals surface area contributed by atoms with Crippen molar-refractivity contribution in [3.63, 3.8) is 0 Å². The van der Waals surface area contributed by atoms with Crippen molar-refractivity contribution in [3.05, 3.63) is 42.5 Å². The molecule has 0 aromatic heterocycles. The van der Waals surface area contributed by atoms with Gasteiger partial charge in [0.2, 0.25) is 0 Å². The Labute approximate surface area is 120 Å². The second-order valence-electron chi connectivity index (χ2n) is 5.23. The Balaban J connectivity index is 1.84. The van der Waals surface area contributed by atoms with Crippen LogP contribution in [0.3, 0.4) is 0 Å². The van der Waals surface area contributed by atoms with Gasteiger partial charge in [-0.25, -0.2) is 0 Å². The molecule has 3 heteroatoms. The Morgan fingerprint density at radius 1 is 1.25 bits per heavy atom. The first-order chi connectivity index (χ1) is 9.72. The van der Waals surface area contributed by atoms with Crippen LogP contribution in [0.25, 0.3) is 0 Å². The number of esters is 1. The number of hydrogen-bond acceptors (Lipinski definition) is 3. The normalized spacial score (nSPS) is 22.1. The highest BCUT2D eigenvalue weighted by molar-refractivity contribution is 5.71. The van der Waals surface area contributed by atoms with Crippen molar-refractivity contribution < 1.29 is 14.3 Å². The first-order valence-corrected chi connectivity index (χ1v) is 7.17. The molecule has 0 bridgehead atoms. The third-order valence-corrected chi connectivity index (χ3v) is 3.87. The zero-order valence-corrected chi connectivity index (χ0v) is 12.0. The molecule has 20 heavy (non-hydrogen) atoms. The van der Waals surface area contributed by atoms with E-state index in [1.165, 1.54) is 5.56 Å². The largest absolute Gasteiger partial charge is 0.497 e. The molecule has 0 atom stereocenters. The standard InChI is InChI=1S/C17H22O3/c1-3-4-17(18)20-16-11-7-14(8-12-16)13-5-9-15(19-2)10-6-13/h3,5-6,9-10,14,16H,1,4,7-8,11-12H2,2H3. The van der Waals surface area contributed by atoms with Crippen molar-refractivity contribution in [1.82, 2.24) is 0 Å². The number of hydrogen-bond donors (Lipinski definition) is 0. The van der Waals surface area contributed by atoms with E-state index in [1.54, 1.807) is 13.2 Å². The number of ether oxygens (including phenoxy) is 2. The van der Waals surface area contributed by atoms with E-state index in [1.807, 2.05) is 12.1 Å². The third-order valence-electron chi connectivity index (χ3n) is 3.87. The minimum absolute atomic E-state index is 0.0805. The first kappa shape index (κ1) is 14.6. The van der Waals surface area contributed by atoms with Gasteiger partial charge >= 0.3 is 5.97 Å². The lowest BCUT2D eigenvalue weighted by molar-refractivity contribution is -0.149. The zero-order valence-electron chi connectivity index (χ0n) is 12.0. The van der Waals surface area contributed by atoms with Gasteiger partial charge in [0.05, 0.1) is 13.5 Å². The van der Waals surface area contributed by atoms with Crippen molar-refractivity contribution in [1.29, 1.82) is 0 Å². The van der Waals surface area contributed by atoms with Crippen molar-refractivity contribution in [2.24, 2.45) is 0 Å². The van der Waals surface area contributed by atoms with Crippen LogP contribution >= 0.6 is 0 Å². The Bertz CT molecular complexity index is 442. The van der Waals surface area contributed by atoms with Gasteiger partial charge in [0.15, 0.2) is 0 Å². The summed E-state index contributed by atoms with van der Waals surface area (Å²) in [6.45, 7) is 3.55. The molecular weight excluding hydrogens is 252 g/mol. The minimum Gasteiger partial charge on any atom is -0.497 e. The first-order valence-electron chi connectivity index (χ1n) is 7.17. The fourth-order valence-corrected chi connectivity index (χ4v) is 2.74. The van der Waals surface area contributed by atoms with Gasteiger partial charge in [-0.15, -0.1) is 6.58 Å². The summed E-state index contributed by atoms with van der Waals surface area (Å²) in [5.41, 5.74) is 1.35. The molecule has 1 saturated carbocycles. The molecule has 1 aromatic carbocycles. The van der Waals surface area contributed by atoms with Crippen LogP contribution in [0.5, 0.6) is 5.75 Å². The van der Waals surface area contributed by atoms with Gasteiger partial charge in [-0.1, -0.05) is 18.2 Å². The Hall–Kier alpha value is -1.77. The lowest BCUT2D eigenvalue weighted by Gasteiger charge is -2.28. The average Bonchev–Trinajstić information content (AvgIpc) is 2.48. The summed E-state index contributed by atoms with van der Waals surface area (Å²) >= 11 is 0. The summed E-state index contributed by atoms with van der Waals surface area (Å²) in [5.74, 6) is 1.30. The van der Waals surface area contributed by atoms with Crippen LogP contribution in [0.4, 0.5) is 0 Å². The number of benzene rings is 1. The second-order valence-corrected chi connectivity index (χ2v) is 5.23. The van der Waals surface area contributed by atoms with Crippen molar-refractivity contribution in [3.8, 4) is 5.75 Å². The number of carbonyl (C=O) groups is 1. The fourth-order valence-electron chi connectivity index (χ4n) is 2.74. The Kier molecular flexibility index (Phi) is 5.22. The van der Waals surface area contributed by atoms with Gasteiger partial charge in [0.1, 0.15) is 11.9 Å². The SMILES string of the molecule is C=CCC(=O)OC1CCC(c2ccc(OC)cc2)CC1. The van der Waals surface area contributed by atoms with Crippen LogP contribution in [0, 0.1) is 0 Å².